The standard InChI is InChI=1S/C16H21N3O4/c1-2-3-15(20)18-10-8-12(9-11-18)16(21)17-13-4-6-14(7-5-13)19(22)23/h4-7,12H,2-3,8-11H2,1H3,(H,17,21). The molecule has 1 aromatic carbocycles. The molecule has 7 nitrogen and oxygen atoms in total. The summed E-state index contributed by atoms with van der Waals surface area (Å²) in [5.74, 6) is -0.0703. The van der Waals surface area contributed by atoms with E-state index in [0.29, 0.717) is 38.0 Å². The number of hydrogen-bond acceptors (Lipinski definition) is 4. The van der Waals surface area contributed by atoms with Crippen molar-refractivity contribution in [1.82, 2.24) is 4.90 Å². The second-order valence-electron chi connectivity index (χ2n) is 5.70. The zero-order chi connectivity index (χ0) is 16.8. The molecule has 0 unspecified atom stereocenters. The Balaban J connectivity index is 1.85. The van der Waals surface area contributed by atoms with E-state index in [1.807, 2.05) is 11.8 Å². The highest BCUT2D eigenvalue weighted by Gasteiger charge is 2.27. The van der Waals surface area contributed by atoms with E-state index in [9.17, 15) is 19.7 Å². The summed E-state index contributed by atoms with van der Waals surface area (Å²) in [5.41, 5.74) is 0.538. The van der Waals surface area contributed by atoms with E-state index in [4.69, 9.17) is 0 Å². The number of carbonyl (C=O) groups is 2. The van der Waals surface area contributed by atoms with Crippen LogP contribution in [-0.4, -0.2) is 34.7 Å². The zero-order valence-electron chi connectivity index (χ0n) is 13.2. The number of nitro groups is 1. The molecule has 7 heteroatoms. The number of piperidine rings is 1. The van der Waals surface area contributed by atoms with Gasteiger partial charge < -0.3 is 10.2 Å². The Morgan fingerprint density at radius 3 is 2.39 bits per heavy atom. The van der Waals surface area contributed by atoms with E-state index in [0.717, 1.165) is 6.42 Å². The molecule has 1 heterocycles. The average molecular weight is 319 g/mol. The fourth-order valence-electron chi connectivity index (χ4n) is 2.67. The van der Waals surface area contributed by atoms with Gasteiger partial charge in [0.25, 0.3) is 5.69 Å². The molecule has 1 aliphatic heterocycles. The molecule has 0 saturated carbocycles. The number of likely N-dealkylation sites (tertiary alicyclic amines) is 1. The van der Waals surface area contributed by atoms with Crippen molar-refractivity contribution in [2.45, 2.75) is 32.6 Å². The Hall–Kier alpha value is -2.44. The highest BCUT2D eigenvalue weighted by Crippen LogP contribution is 2.21. The first-order chi connectivity index (χ1) is 11.0. The van der Waals surface area contributed by atoms with Gasteiger partial charge in [0.05, 0.1) is 4.92 Å². The predicted molar refractivity (Wildman–Crippen MR) is 85.9 cm³/mol. The van der Waals surface area contributed by atoms with Gasteiger partial charge in [0.15, 0.2) is 0 Å². The minimum absolute atomic E-state index is 0.00857. The maximum Gasteiger partial charge on any atom is 0.269 e. The summed E-state index contributed by atoms with van der Waals surface area (Å²) in [4.78, 5) is 36.0. The number of carbonyl (C=O) groups excluding carboxylic acids is 2. The van der Waals surface area contributed by atoms with Crippen molar-refractivity contribution in [3.05, 3.63) is 34.4 Å². The fraction of sp³-hybridized carbons (Fsp3) is 0.500. The number of nitrogens with zero attached hydrogens (tertiary/aromatic N) is 2. The number of non-ortho nitro benzene ring substituents is 1. The summed E-state index contributed by atoms with van der Waals surface area (Å²) in [6.45, 7) is 3.19. The van der Waals surface area contributed by atoms with Crippen molar-refractivity contribution >= 4 is 23.2 Å². The lowest BCUT2D eigenvalue weighted by Gasteiger charge is -2.31. The largest absolute Gasteiger partial charge is 0.343 e. The lowest BCUT2D eigenvalue weighted by molar-refractivity contribution is -0.384. The molecular formula is C16H21N3O4. The summed E-state index contributed by atoms with van der Waals surface area (Å²) in [6.07, 6.45) is 2.68. The van der Waals surface area contributed by atoms with Gasteiger partial charge in [0, 0.05) is 43.2 Å². The van der Waals surface area contributed by atoms with Crippen molar-refractivity contribution in [3.8, 4) is 0 Å². The van der Waals surface area contributed by atoms with Crippen LogP contribution < -0.4 is 5.32 Å². The average Bonchev–Trinajstić information content (AvgIpc) is 2.55. The van der Waals surface area contributed by atoms with Crippen molar-refractivity contribution in [2.75, 3.05) is 18.4 Å². The summed E-state index contributed by atoms with van der Waals surface area (Å²) in [5, 5.41) is 13.4. The van der Waals surface area contributed by atoms with Gasteiger partial charge in [-0.15, -0.1) is 0 Å². The van der Waals surface area contributed by atoms with Gasteiger partial charge in [-0.25, -0.2) is 0 Å². The first kappa shape index (κ1) is 16.9. The quantitative estimate of drug-likeness (QED) is 0.667. The van der Waals surface area contributed by atoms with Gasteiger partial charge in [-0.05, 0) is 31.4 Å². The van der Waals surface area contributed by atoms with Gasteiger partial charge >= 0.3 is 0 Å². The van der Waals surface area contributed by atoms with Gasteiger partial charge in [-0.1, -0.05) is 6.92 Å². The van der Waals surface area contributed by atoms with Crippen LogP contribution in [0.5, 0.6) is 0 Å². The molecule has 2 amide bonds. The van der Waals surface area contributed by atoms with Crippen LogP contribution in [0.4, 0.5) is 11.4 Å². The lowest BCUT2D eigenvalue weighted by atomic mass is 9.95. The molecule has 1 aromatic rings. The minimum atomic E-state index is -0.478. The smallest absolute Gasteiger partial charge is 0.269 e. The highest BCUT2D eigenvalue weighted by molar-refractivity contribution is 5.92. The zero-order valence-corrected chi connectivity index (χ0v) is 13.2. The molecule has 0 aromatic heterocycles. The maximum absolute atomic E-state index is 12.2. The van der Waals surface area contributed by atoms with E-state index in [-0.39, 0.29) is 23.4 Å². The fourth-order valence-corrected chi connectivity index (χ4v) is 2.67. The Morgan fingerprint density at radius 2 is 1.87 bits per heavy atom. The number of rotatable bonds is 5. The molecule has 0 bridgehead atoms. The van der Waals surface area contributed by atoms with Gasteiger partial charge in [-0.3, -0.25) is 19.7 Å². The molecule has 1 saturated heterocycles. The molecule has 1 aliphatic rings. The van der Waals surface area contributed by atoms with E-state index < -0.39 is 4.92 Å². The summed E-state index contributed by atoms with van der Waals surface area (Å²) >= 11 is 0. The van der Waals surface area contributed by atoms with Crippen molar-refractivity contribution in [3.63, 3.8) is 0 Å². The summed E-state index contributed by atoms with van der Waals surface area (Å²) < 4.78 is 0. The van der Waals surface area contributed by atoms with E-state index >= 15 is 0 Å². The van der Waals surface area contributed by atoms with Gasteiger partial charge in [0.1, 0.15) is 0 Å². The molecule has 0 atom stereocenters. The lowest BCUT2D eigenvalue weighted by Crippen LogP contribution is -2.41. The molecule has 23 heavy (non-hydrogen) atoms. The maximum atomic E-state index is 12.2. The predicted octanol–water partition coefficient (Wildman–Crippen LogP) is 2.57. The first-order valence-electron chi connectivity index (χ1n) is 7.84. The van der Waals surface area contributed by atoms with Crippen LogP contribution in [0.15, 0.2) is 24.3 Å². The highest BCUT2D eigenvalue weighted by atomic mass is 16.6. The molecule has 1 fully saturated rings. The normalized spacial score (nSPS) is 15.3. The van der Waals surface area contributed by atoms with E-state index in [1.165, 1.54) is 24.3 Å². The molecule has 2 rings (SSSR count). The van der Waals surface area contributed by atoms with Crippen LogP contribution in [0.1, 0.15) is 32.6 Å². The number of amides is 2. The molecule has 0 aliphatic carbocycles. The molecule has 0 spiro atoms. The Bertz CT molecular complexity index is 577. The van der Waals surface area contributed by atoms with Gasteiger partial charge in [0.2, 0.25) is 11.8 Å². The van der Waals surface area contributed by atoms with Crippen LogP contribution >= 0.6 is 0 Å². The second-order valence-corrected chi connectivity index (χ2v) is 5.70. The summed E-state index contributed by atoms with van der Waals surface area (Å²) in [6, 6.07) is 5.77. The molecule has 124 valence electrons. The Morgan fingerprint density at radius 1 is 1.26 bits per heavy atom. The SMILES string of the molecule is CCCC(=O)N1CCC(C(=O)Nc2ccc([N+](=O)[O-])cc2)CC1. The number of nitro benzene ring substituents is 1. The third-order valence-electron chi connectivity index (χ3n) is 4.03. The number of hydrogen-bond donors (Lipinski definition) is 1. The molecular weight excluding hydrogens is 298 g/mol. The van der Waals surface area contributed by atoms with Crippen LogP contribution in [0.3, 0.4) is 0 Å². The number of anilines is 1. The second kappa shape index (κ2) is 7.71. The Labute approximate surface area is 134 Å². The number of nitrogens with one attached hydrogen (secondary N) is 1. The van der Waals surface area contributed by atoms with Crippen LogP contribution in [0.2, 0.25) is 0 Å². The first-order valence-corrected chi connectivity index (χ1v) is 7.84. The monoisotopic (exact) mass is 319 g/mol. The van der Waals surface area contributed by atoms with E-state index in [1.54, 1.807) is 0 Å². The van der Waals surface area contributed by atoms with E-state index in [2.05, 4.69) is 5.32 Å². The van der Waals surface area contributed by atoms with Crippen molar-refractivity contribution in [1.29, 1.82) is 0 Å². The van der Waals surface area contributed by atoms with Crippen molar-refractivity contribution in [2.24, 2.45) is 5.92 Å². The number of benzene rings is 1. The molecule has 0 radical (unpaired) electrons. The third-order valence-corrected chi connectivity index (χ3v) is 4.03. The topological polar surface area (TPSA) is 92.6 Å². The minimum Gasteiger partial charge on any atom is -0.343 e. The van der Waals surface area contributed by atoms with Crippen molar-refractivity contribution < 1.29 is 14.5 Å². The third kappa shape index (κ3) is 4.51. The van der Waals surface area contributed by atoms with Gasteiger partial charge in [-0.2, -0.15) is 0 Å². The van der Waals surface area contributed by atoms with Crippen LogP contribution in [0.25, 0.3) is 0 Å². The Kier molecular flexibility index (Phi) is 5.67. The van der Waals surface area contributed by atoms with Crippen LogP contribution in [-0.2, 0) is 9.59 Å². The summed E-state index contributed by atoms with van der Waals surface area (Å²) in [7, 11) is 0. The van der Waals surface area contributed by atoms with Crippen LogP contribution in [0, 0.1) is 16.0 Å². The molecule has 1 N–H and O–H groups in total.